The first kappa shape index (κ1) is 15.9. The van der Waals surface area contributed by atoms with E-state index >= 15 is 0 Å². The van der Waals surface area contributed by atoms with Crippen molar-refractivity contribution in [1.29, 1.82) is 0 Å². The number of guanidine groups is 1. The van der Waals surface area contributed by atoms with Gasteiger partial charge in [0.15, 0.2) is 5.96 Å². The van der Waals surface area contributed by atoms with E-state index in [9.17, 15) is 0 Å². The molecule has 118 valence electrons. The molecule has 1 saturated carbocycles. The van der Waals surface area contributed by atoms with E-state index in [4.69, 9.17) is 4.99 Å². The van der Waals surface area contributed by atoms with Gasteiger partial charge in [-0.15, -0.1) is 0 Å². The summed E-state index contributed by atoms with van der Waals surface area (Å²) in [5, 5.41) is 11.4. The van der Waals surface area contributed by atoms with Crippen LogP contribution in [-0.2, 0) is 13.5 Å². The molecule has 5 nitrogen and oxygen atoms in total. The molecule has 0 saturated heterocycles. The van der Waals surface area contributed by atoms with Gasteiger partial charge in [-0.3, -0.25) is 9.67 Å². The molecule has 1 aromatic rings. The third kappa shape index (κ3) is 4.22. The van der Waals surface area contributed by atoms with Crippen LogP contribution in [0.3, 0.4) is 0 Å². The van der Waals surface area contributed by atoms with Crippen LogP contribution in [0.5, 0.6) is 0 Å². The Morgan fingerprint density at radius 1 is 1.33 bits per heavy atom. The summed E-state index contributed by atoms with van der Waals surface area (Å²) in [5.74, 6) is 0.962. The van der Waals surface area contributed by atoms with E-state index in [1.807, 2.05) is 11.7 Å². The SMILES string of the molecule is CCNC(=NCCc1c(C)nn(C)c1C)NC1CCCC1. The fraction of sp³-hybridized carbons (Fsp3) is 0.750. The number of hydrogen-bond donors (Lipinski definition) is 2. The second kappa shape index (κ2) is 7.48. The Kier molecular flexibility index (Phi) is 5.65. The van der Waals surface area contributed by atoms with Gasteiger partial charge < -0.3 is 10.6 Å². The number of aromatic nitrogens is 2. The van der Waals surface area contributed by atoms with Crippen LogP contribution in [-0.4, -0.2) is 34.9 Å². The lowest BCUT2D eigenvalue weighted by molar-refractivity contribution is 0.614. The van der Waals surface area contributed by atoms with Crippen LogP contribution in [0.1, 0.15) is 49.6 Å². The number of aliphatic imine (C=N–C) groups is 1. The van der Waals surface area contributed by atoms with Crippen LogP contribution >= 0.6 is 0 Å². The number of hydrogen-bond acceptors (Lipinski definition) is 2. The summed E-state index contributed by atoms with van der Waals surface area (Å²) in [6.45, 7) is 8.02. The topological polar surface area (TPSA) is 54.2 Å². The molecule has 0 bridgehead atoms. The molecule has 2 rings (SSSR count). The van der Waals surface area contributed by atoms with Gasteiger partial charge >= 0.3 is 0 Å². The predicted molar refractivity (Wildman–Crippen MR) is 87.8 cm³/mol. The second-order valence-corrected chi connectivity index (χ2v) is 5.91. The largest absolute Gasteiger partial charge is 0.357 e. The fourth-order valence-corrected chi connectivity index (χ4v) is 3.04. The van der Waals surface area contributed by atoms with Crippen molar-refractivity contribution in [2.45, 2.75) is 58.9 Å². The average Bonchev–Trinajstić information content (AvgIpc) is 3.02. The Hall–Kier alpha value is -1.52. The Morgan fingerprint density at radius 2 is 2.05 bits per heavy atom. The summed E-state index contributed by atoms with van der Waals surface area (Å²) in [6.07, 6.45) is 6.17. The van der Waals surface area contributed by atoms with Crippen molar-refractivity contribution >= 4 is 5.96 Å². The summed E-state index contributed by atoms with van der Waals surface area (Å²) >= 11 is 0. The molecule has 0 radical (unpaired) electrons. The standard InChI is InChI=1S/C16H29N5/c1-5-17-16(19-14-8-6-7-9-14)18-11-10-15-12(2)20-21(4)13(15)3/h14H,5-11H2,1-4H3,(H2,17,18,19). The van der Waals surface area contributed by atoms with Crippen molar-refractivity contribution in [3.63, 3.8) is 0 Å². The molecule has 1 fully saturated rings. The Bertz CT molecular complexity index is 483. The molecule has 0 atom stereocenters. The molecule has 1 aromatic heterocycles. The zero-order valence-corrected chi connectivity index (χ0v) is 13.9. The highest BCUT2D eigenvalue weighted by atomic mass is 15.3. The van der Waals surface area contributed by atoms with Crippen LogP contribution in [0.15, 0.2) is 4.99 Å². The molecule has 0 aliphatic heterocycles. The molecule has 1 heterocycles. The van der Waals surface area contributed by atoms with Crippen LogP contribution in [0.4, 0.5) is 0 Å². The molecule has 0 spiro atoms. The predicted octanol–water partition coefficient (Wildman–Crippen LogP) is 2.08. The smallest absolute Gasteiger partial charge is 0.191 e. The second-order valence-electron chi connectivity index (χ2n) is 5.91. The normalized spacial score (nSPS) is 16.5. The van der Waals surface area contributed by atoms with Crippen molar-refractivity contribution in [2.75, 3.05) is 13.1 Å². The van der Waals surface area contributed by atoms with E-state index in [0.29, 0.717) is 6.04 Å². The maximum Gasteiger partial charge on any atom is 0.191 e. The number of rotatable bonds is 5. The maximum absolute atomic E-state index is 4.72. The fourth-order valence-electron chi connectivity index (χ4n) is 3.04. The number of nitrogens with one attached hydrogen (secondary N) is 2. The summed E-state index contributed by atoms with van der Waals surface area (Å²) in [6, 6.07) is 0.602. The quantitative estimate of drug-likeness (QED) is 0.645. The molecule has 0 amide bonds. The first-order valence-corrected chi connectivity index (χ1v) is 8.15. The summed E-state index contributed by atoms with van der Waals surface area (Å²) < 4.78 is 1.95. The van der Waals surface area contributed by atoms with Gasteiger partial charge in [0.25, 0.3) is 0 Å². The molecule has 21 heavy (non-hydrogen) atoms. The molecule has 0 aromatic carbocycles. The van der Waals surface area contributed by atoms with Gasteiger partial charge in [-0.25, -0.2) is 0 Å². The van der Waals surface area contributed by atoms with Gasteiger partial charge in [0.1, 0.15) is 0 Å². The maximum atomic E-state index is 4.72. The van der Waals surface area contributed by atoms with Crippen LogP contribution in [0.25, 0.3) is 0 Å². The molecule has 1 aliphatic carbocycles. The minimum absolute atomic E-state index is 0.602. The summed E-state index contributed by atoms with van der Waals surface area (Å²) in [4.78, 5) is 4.72. The zero-order valence-electron chi connectivity index (χ0n) is 13.9. The monoisotopic (exact) mass is 291 g/mol. The van der Waals surface area contributed by atoms with Crippen molar-refractivity contribution < 1.29 is 0 Å². The molecule has 1 aliphatic rings. The molecular formula is C16H29N5. The third-order valence-corrected chi connectivity index (χ3v) is 4.33. The lowest BCUT2D eigenvalue weighted by atomic mass is 10.1. The van der Waals surface area contributed by atoms with Crippen LogP contribution in [0.2, 0.25) is 0 Å². The molecular weight excluding hydrogens is 262 g/mol. The van der Waals surface area contributed by atoms with Gasteiger partial charge in [-0.2, -0.15) is 5.10 Å². The van der Waals surface area contributed by atoms with Crippen LogP contribution in [0, 0.1) is 13.8 Å². The van der Waals surface area contributed by atoms with Gasteiger partial charge in [-0.1, -0.05) is 12.8 Å². The number of nitrogens with zero attached hydrogens (tertiary/aromatic N) is 3. The highest BCUT2D eigenvalue weighted by molar-refractivity contribution is 5.80. The Balaban J connectivity index is 1.92. The lowest BCUT2D eigenvalue weighted by Gasteiger charge is -2.16. The van der Waals surface area contributed by atoms with E-state index < -0.39 is 0 Å². The van der Waals surface area contributed by atoms with E-state index in [-0.39, 0.29) is 0 Å². The highest BCUT2D eigenvalue weighted by Gasteiger charge is 2.16. The minimum atomic E-state index is 0.602. The van der Waals surface area contributed by atoms with Gasteiger partial charge in [0, 0.05) is 31.9 Å². The highest BCUT2D eigenvalue weighted by Crippen LogP contribution is 2.17. The van der Waals surface area contributed by atoms with Gasteiger partial charge in [0.05, 0.1) is 5.69 Å². The molecule has 5 heteroatoms. The van der Waals surface area contributed by atoms with E-state index in [1.165, 1.54) is 36.9 Å². The van der Waals surface area contributed by atoms with Crippen LogP contribution < -0.4 is 10.6 Å². The van der Waals surface area contributed by atoms with Crippen molar-refractivity contribution in [3.05, 3.63) is 17.0 Å². The van der Waals surface area contributed by atoms with E-state index in [1.54, 1.807) is 0 Å². The van der Waals surface area contributed by atoms with Gasteiger partial charge in [-0.05, 0) is 45.6 Å². The lowest BCUT2D eigenvalue weighted by Crippen LogP contribution is -2.42. The Morgan fingerprint density at radius 3 is 2.62 bits per heavy atom. The zero-order chi connectivity index (χ0) is 15.2. The van der Waals surface area contributed by atoms with E-state index in [2.05, 4.69) is 36.5 Å². The molecule has 0 unspecified atom stereocenters. The summed E-state index contributed by atoms with van der Waals surface area (Å²) in [7, 11) is 2.00. The minimum Gasteiger partial charge on any atom is -0.357 e. The first-order chi connectivity index (χ1) is 10.1. The first-order valence-electron chi connectivity index (χ1n) is 8.15. The van der Waals surface area contributed by atoms with E-state index in [0.717, 1.165) is 31.2 Å². The van der Waals surface area contributed by atoms with Crippen molar-refractivity contribution in [3.8, 4) is 0 Å². The molecule has 2 N–H and O–H groups in total. The van der Waals surface area contributed by atoms with Crippen molar-refractivity contribution in [2.24, 2.45) is 12.0 Å². The summed E-state index contributed by atoms with van der Waals surface area (Å²) in [5.41, 5.74) is 3.70. The van der Waals surface area contributed by atoms with Crippen molar-refractivity contribution in [1.82, 2.24) is 20.4 Å². The number of aryl methyl sites for hydroxylation is 2. The Labute approximate surface area is 128 Å². The average molecular weight is 291 g/mol. The third-order valence-electron chi connectivity index (χ3n) is 4.33. The van der Waals surface area contributed by atoms with Gasteiger partial charge in [0.2, 0.25) is 0 Å².